The van der Waals surface area contributed by atoms with E-state index >= 15 is 0 Å². The van der Waals surface area contributed by atoms with Crippen LogP contribution in [-0.4, -0.2) is 24.2 Å². The predicted molar refractivity (Wildman–Crippen MR) is 83.0 cm³/mol. The van der Waals surface area contributed by atoms with Crippen molar-refractivity contribution in [3.05, 3.63) is 47.6 Å². The lowest BCUT2D eigenvalue weighted by molar-refractivity contribution is 0.394. The molecule has 1 heterocycles. The van der Waals surface area contributed by atoms with Crippen molar-refractivity contribution in [1.29, 1.82) is 0 Å². The van der Waals surface area contributed by atoms with Gasteiger partial charge in [-0.1, -0.05) is 0 Å². The molecule has 1 aromatic heterocycles. The Morgan fingerprint density at radius 3 is 2.23 bits per heavy atom. The number of aromatic nitrogens is 2. The van der Waals surface area contributed by atoms with Crippen molar-refractivity contribution in [2.24, 2.45) is 0 Å². The maximum absolute atomic E-state index is 14.3. The van der Waals surface area contributed by atoms with Crippen LogP contribution in [0, 0.1) is 5.82 Å². The first-order chi connectivity index (χ1) is 10.6. The molecule has 3 aromatic rings. The van der Waals surface area contributed by atoms with Gasteiger partial charge in [0.1, 0.15) is 22.8 Å². The summed E-state index contributed by atoms with van der Waals surface area (Å²) in [5, 5.41) is 0.586. The van der Waals surface area contributed by atoms with Gasteiger partial charge < -0.3 is 9.47 Å². The van der Waals surface area contributed by atoms with E-state index in [0.29, 0.717) is 22.4 Å². The van der Waals surface area contributed by atoms with Gasteiger partial charge in [-0.25, -0.2) is 14.4 Å². The molecule has 0 N–H and O–H groups in total. The second-order valence-electron chi connectivity index (χ2n) is 4.64. The van der Waals surface area contributed by atoms with Crippen molar-refractivity contribution in [1.82, 2.24) is 9.97 Å². The Morgan fingerprint density at radius 2 is 1.59 bits per heavy atom. The summed E-state index contributed by atoms with van der Waals surface area (Å²) in [5.74, 6) is 0.794. The van der Waals surface area contributed by atoms with E-state index in [2.05, 4.69) is 9.97 Å². The Bertz CT molecular complexity index is 833. The molecule has 0 saturated heterocycles. The van der Waals surface area contributed by atoms with Crippen molar-refractivity contribution < 1.29 is 13.9 Å². The summed E-state index contributed by atoms with van der Waals surface area (Å²) in [6.07, 6.45) is 1.49. The van der Waals surface area contributed by atoms with E-state index in [9.17, 15) is 4.39 Å². The summed E-state index contributed by atoms with van der Waals surface area (Å²) in [6.45, 7) is 0. The zero-order chi connectivity index (χ0) is 15.7. The Kier molecular flexibility index (Phi) is 3.81. The van der Waals surface area contributed by atoms with E-state index < -0.39 is 5.82 Å². The fraction of sp³-hybridized carbons (Fsp3) is 0.125. The van der Waals surface area contributed by atoms with Crippen LogP contribution in [0.25, 0.3) is 22.0 Å². The number of methoxy groups -OCH3 is 2. The van der Waals surface area contributed by atoms with Crippen LogP contribution >= 0.6 is 11.6 Å². The van der Waals surface area contributed by atoms with Crippen molar-refractivity contribution in [2.75, 3.05) is 14.2 Å². The van der Waals surface area contributed by atoms with Crippen LogP contribution in [0.15, 0.2) is 36.5 Å². The summed E-state index contributed by atoms with van der Waals surface area (Å²) < 4.78 is 24.7. The van der Waals surface area contributed by atoms with E-state index in [1.54, 1.807) is 38.5 Å². The number of hydrogen-bond acceptors (Lipinski definition) is 4. The molecule has 0 amide bonds. The molecular formula is C16H12ClFN2O2. The van der Waals surface area contributed by atoms with E-state index in [1.165, 1.54) is 12.3 Å². The van der Waals surface area contributed by atoms with Crippen LogP contribution in [0.5, 0.6) is 11.5 Å². The maximum Gasteiger partial charge on any atom is 0.223 e. The van der Waals surface area contributed by atoms with E-state index in [-0.39, 0.29) is 10.8 Å². The van der Waals surface area contributed by atoms with E-state index in [1.807, 2.05) is 0 Å². The molecule has 0 aliphatic heterocycles. The second kappa shape index (κ2) is 5.77. The zero-order valence-corrected chi connectivity index (χ0v) is 12.7. The van der Waals surface area contributed by atoms with Crippen LogP contribution < -0.4 is 9.47 Å². The Hall–Kier alpha value is -2.40. The molecule has 0 unspecified atom stereocenters. The fourth-order valence-corrected chi connectivity index (χ4v) is 2.35. The lowest BCUT2D eigenvalue weighted by atomic mass is 10.0. The highest BCUT2D eigenvalue weighted by molar-refractivity contribution is 6.28. The van der Waals surface area contributed by atoms with Crippen LogP contribution in [0.1, 0.15) is 0 Å². The van der Waals surface area contributed by atoms with Crippen LogP contribution in [0.3, 0.4) is 0 Å². The van der Waals surface area contributed by atoms with Crippen molar-refractivity contribution >= 4 is 22.5 Å². The predicted octanol–water partition coefficient (Wildman–Crippen LogP) is 4.11. The lowest BCUT2D eigenvalue weighted by Crippen LogP contribution is -1.92. The third-order valence-corrected chi connectivity index (χ3v) is 3.47. The monoisotopic (exact) mass is 318 g/mol. The van der Waals surface area contributed by atoms with Crippen LogP contribution in [0.4, 0.5) is 4.39 Å². The SMILES string of the molecule is COc1cc(OC)cc(-c2cc(F)c3nc(Cl)ncc3c2)c1. The van der Waals surface area contributed by atoms with Gasteiger partial charge in [0.25, 0.3) is 0 Å². The van der Waals surface area contributed by atoms with Gasteiger partial charge in [0.15, 0.2) is 0 Å². The first-order valence-electron chi connectivity index (χ1n) is 6.46. The second-order valence-corrected chi connectivity index (χ2v) is 4.97. The van der Waals surface area contributed by atoms with Gasteiger partial charge in [-0.15, -0.1) is 0 Å². The largest absolute Gasteiger partial charge is 0.497 e. The third kappa shape index (κ3) is 2.67. The molecule has 4 nitrogen and oxygen atoms in total. The number of ether oxygens (including phenoxy) is 2. The fourth-order valence-electron chi connectivity index (χ4n) is 2.22. The first-order valence-corrected chi connectivity index (χ1v) is 6.84. The standard InChI is InChI=1S/C16H12ClFN2O2/c1-21-12-4-10(5-13(7-12)22-2)9-3-11-8-19-16(17)20-15(11)14(18)6-9/h3-8H,1-2H3. The van der Waals surface area contributed by atoms with Crippen LogP contribution in [-0.2, 0) is 0 Å². The third-order valence-electron chi connectivity index (χ3n) is 3.29. The molecule has 0 aliphatic carbocycles. The van der Waals surface area contributed by atoms with Crippen LogP contribution in [0.2, 0.25) is 5.28 Å². The number of benzene rings is 2. The van der Waals surface area contributed by atoms with Gasteiger partial charge in [0.2, 0.25) is 5.28 Å². The van der Waals surface area contributed by atoms with E-state index in [0.717, 1.165) is 5.56 Å². The number of fused-ring (bicyclic) bond motifs is 1. The molecule has 0 bridgehead atoms. The number of halogens is 2. The molecule has 22 heavy (non-hydrogen) atoms. The molecule has 0 saturated carbocycles. The van der Waals surface area contributed by atoms with Gasteiger partial charge in [-0.2, -0.15) is 0 Å². The molecule has 0 aliphatic rings. The molecular weight excluding hydrogens is 307 g/mol. The van der Waals surface area contributed by atoms with E-state index in [4.69, 9.17) is 21.1 Å². The Morgan fingerprint density at radius 1 is 0.955 bits per heavy atom. The molecule has 112 valence electrons. The minimum absolute atomic E-state index is 0.0159. The zero-order valence-electron chi connectivity index (χ0n) is 11.9. The highest BCUT2D eigenvalue weighted by Crippen LogP contribution is 2.32. The smallest absolute Gasteiger partial charge is 0.223 e. The van der Waals surface area contributed by atoms with Gasteiger partial charge in [-0.3, -0.25) is 0 Å². The summed E-state index contributed by atoms with van der Waals surface area (Å²) in [6, 6.07) is 8.56. The molecule has 2 aromatic carbocycles. The minimum Gasteiger partial charge on any atom is -0.497 e. The average Bonchev–Trinajstić information content (AvgIpc) is 2.54. The van der Waals surface area contributed by atoms with Crippen molar-refractivity contribution in [3.63, 3.8) is 0 Å². The van der Waals surface area contributed by atoms with Gasteiger partial charge >= 0.3 is 0 Å². The number of rotatable bonds is 3. The summed E-state index contributed by atoms with van der Waals surface area (Å²) >= 11 is 5.70. The average molecular weight is 319 g/mol. The number of hydrogen-bond donors (Lipinski definition) is 0. The summed E-state index contributed by atoms with van der Waals surface area (Å²) in [4.78, 5) is 7.80. The Labute approximate surface area is 131 Å². The summed E-state index contributed by atoms with van der Waals surface area (Å²) in [5.41, 5.74) is 1.64. The first kappa shape index (κ1) is 14.5. The maximum atomic E-state index is 14.3. The van der Waals surface area contributed by atoms with Gasteiger partial charge in [0, 0.05) is 17.6 Å². The molecule has 0 fully saturated rings. The highest BCUT2D eigenvalue weighted by Gasteiger charge is 2.10. The van der Waals surface area contributed by atoms with Gasteiger partial charge in [0.05, 0.1) is 14.2 Å². The van der Waals surface area contributed by atoms with Gasteiger partial charge in [-0.05, 0) is 47.0 Å². The highest BCUT2D eigenvalue weighted by atomic mass is 35.5. The van der Waals surface area contributed by atoms with Crippen molar-refractivity contribution in [3.8, 4) is 22.6 Å². The van der Waals surface area contributed by atoms with Crippen molar-refractivity contribution in [2.45, 2.75) is 0 Å². The molecule has 0 atom stereocenters. The molecule has 0 radical (unpaired) electrons. The quantitative estimate of drug-likeness (QED) is 0.682. The summed E-state index contributed by atoms with van der Waals surface area (Å²) in [7, 11) is 3.13. The Balaban J connectivity index is 2.20. The topological polar surface area (TPSA) is 44.2 Å². The molecule has 6 heteroatoms. The molecule has 0 spiro atoms. The number of nitrogens with zero attached hydrogens (tertiary/aromatic N) is 2. The molecule has 3 rings (SSSR count). The normalized spacial score (nSPS) is 10.7. The lowest BCUT2D eigenvalue weighted by Gasteiger charge is -2.10. The minimum atomic E-state index is -0.460.